The van der Waals surface area contributed by atoms with Crippen molar-refractivity contribution in [3.8, 4) is 0 Å². The summed E-state index contributed by atoms with van der Waals surface area (Å²) >= 11 is 0. The first-order valence-corrected chi connectivity index (χ1v) is 11.1. The van der Waals surface area contributed by atoms with Crippen LogP contribution in [0, 0.1) is 0 Å². The molecule has 0 aromatic heterocycles. The highest BCUT2D eigenvalue weighted by molar-refractivity contribution is 6.00. The molecular weight excluding hydrogens is 362 g/mol. The summed E-state index contributed by atoms with van der Waals surface area (Å²) in [6.07, 6.45) is 22.1. The summed E-state index contributed by atoms with van der Waals surface area (Å²) in [7, 11) is 0. The molecule has 0 atom stereocenters. The van der Waals surface area contributed by atoms with E-state index in [0.717, 1.165) is 32.1 Å². The van der Waals surface area contributed by atoms with Gasteiger partial charge in [-0.2, -0.15) is 0 Å². The van der Waals surface area contributed by atoms with E-state index in [2.05, 4.69) is 36.5 Å². The zero-order valence-corrected chi connectivity index (χ0v) is 17.9. The fourth-order valence-electron chi connectivity index (χ4n) is 3.09. The van der Waals surface area contributed by atoms with Crippen LogP contribution < -0.4 is 5.32 Å². The Hall–Kier alpha value is -2.36. The van der Waals surface area contributed by atoms with Crippen LogP contribution in [0.4, 0.5) is 5.69 Å². The molecule has 29 heavy (non-hydrogen) atoms. The SMILES string of the molecule is CCCCC/C=C\C/C=C\CCCCCCCC(=O)Nc1ccccc1C(=O)O. The zero-order valence-electron chi connectivity index (χ0n) is 17.9. The van der Waals surface area contributed by atoms with Crippen molar-refractivity contribution >= 4 is 17.6 Å². The molecule has 0 spiro atoms. The summed E-state index contributed by atoms with van der Waals surface area (Å²) in [5.74, 6) is -1.15. The normalized spacial score (nSPS) is 11.3. The summed E-state index contributed by atoms with van der Waals surface area (Å²) < 4.78 is 0. The molecule has 0 heterocycles. The lowest BCUT2D eigenvalue weighted by Crippen LogP contribution is -2.14. The van der Waals surface area contributed by atoms with Crippen LogP contribution in [0.5, 0.6) is 0 Å². The molecule has 2 N–H and O–H groups in total. The van der Waals surface area contributed by atoms with E-state index in [9.17, 15) is 9.59 Å². The van der Waals surface area contributed by atoms with Crippen LogP contribution in [-0.2, 0) is 4.79 Å². The molecule has 0 aliphatic heterocycles. The first-order chi connectivity index (χ1) is 14.1. The summed E-state index contributed by atoms with van der Waals surface area (Å²) in [6.45, 7) is 2.23. The minimum Gasteiger partial charge on any atom is -0.478 e. The third-order valence-corrected chi connectivity index (χ3v) is 4.79. The Morgan fingerprint density at radius 1 is 0.862 bits per heavy atom. The molecule has 160 valence electrons. The van der Waals surface area contributed by atoms with Crippen LogP contribution >= 0.6 is 0 Å². The minimum absolute atomic E-state index is 0.121. The van der Waals surface area contributed by atoms with Crippen molar-refractivity contribution in [2.45, 2.75) is 84.0 Å². The predicted octanol–water partition coefficient (Wildman–Crippen LogP) is 7.14. The van der Waals surface area contributed by atoms with E-state index < -0.39 is 5.97 Å². The number of hydrogen-bond acceptors (Lipinski definition) is 2. The molecule has 4 heteroatoms. The minimum atomic E-state index is -1.03. The second-order valence-corrected chi connectivity index (χ2v) is 7.38. The molecule has 4 nitrogen and oxygen atoms in total. The molecule has 0 aliphatic carbocycles. The van der Waals surface area contributed by atoms with Gasteiger partial charge in [0.25, 0.3) is 0 Å². The summed E-state index contributed by atoms with van der Waals surface area (Å²) in [4.78, 5) is 23.2. The highest BCUT2D eigenvalue weighted by Crippen LogP contribution is 2.16. The van der Waals surface area contributed by atoms with E-state index in [4.69, 9.17) is 5.11 Å². The quantitative estimate of drug-likeness (QED) is 0.229. The van der Waals surface area contributed by atoms with E-state index in [1.165, 1.54) is 44.6 Å². The lowest BCUT2D eigenvalue weighted by Gasteiger charge is -2.08. The number of carbonyl (C=O) groups is 2. The Bertz CT molecular complexity index is 649. The van der Waals surface area contributed by atoms with Crippen molar-refractivity contribution in [2.24, 2.45) is 0 Å². The molecular formula is C25H37NO3. The number of rotatable bonds is 16. The molecule has 0 bridgehead atoms. The fraction of sp³-hybridized carbons (Fsp3) is 0.520. The number of anilines is 1. The number of carboxylic acid groups (broad SMARTS) is 1. The zero-order chi connectivity index (χ0) is 21.2. The molecule has 1 rings (SSSR count). The lowest BCUT2D eigenvalue weighted by atomic mass is 10.1. The van der Waals surface area contributed by atoms with Gasteiger partial charge in [0.2, 0.25) is 5.91 Å². The van der Waals surface area contributed by atoms with Gasteiger partial charge in [-0.15, -0.1) is 0 Å². The van der Waals surface area contributed by atoms with Crippen molar-refractivity contribution in [2.75, 3.05) is 5.32 Å². The molecule has 0 saturated heterocycles. The first kappa shape index (κ1) is 24.7. The van der Waals surface area contributed by atoms with E-state index >= 15 is 0 Å². The second kappa shape index (κ2) is 16.6. The molecule has 0 unspecified atom stereocenters. The van der Waals surface area contributed by atoms with Crippen molar-refractivity contribution in [3.63, 3.8) is 0 Å². The van der Waals surface area contributed by atoms with Crippen LogP contribution in [0.1, 0.15) is 94.3 Å². The number of benzene rings is 1. The van der Waals surface area contributed by atoms with Crippen molar-refractivity contribution in [1.82, 2.24) is 0 Å². The standard InChI is InChI=1S/C25H37NO3/c1-2-3-4-5-6-7-8-9-10-11-12-13-14-15-16-21-24(27)26-23-20-18-17-19-22(23)25(28)29/h6-7,9-10,17-20H,2-5,8,11-16,21H2,1H3,(H,26,27)(H,28,29)/b7-6-,10-9-. The molecule has 1 aromatic carbocycles. The van der Waals surface area contributed by atoms with Gasteiger partial charge in [0.1, 0.15) is 0 Å². The Balaban J connectivity index is 2.01. The van der Waals surface area contributed by atoms with Crippen LogP contribution in [0.2, 0.25) is 0 Å². The van der Waals surface area contributed by atoms with Crippen LogP contribution in [0.3, 0.4) is 0 Å². The Labute approximate surface area is 176 Å². The number of hydrogen-bond donors (Lipinski definition) is 2. The van der Waals surface area contributed by atoms with Gasteiger partial charge in [-0.05, 0) is 50.7 Å². The average molecular weight is 400 g/mol. The largest absolute Gasteiger partial charge is 0.478 e. The van der Waals surface area contributed by atoms with Crippen molar-refractivity contribution in [3.05, 3.63) is 54.1 Å². The third-order valence-electron chi connectivity index (χ3n) is 4.79. The molecule has 1 aromatic rings. The Morgan fingerprint density at radius 3 is 2.17 bits per heavy atom. The number of nitrogens with one attached hydrogen (secondary N) is 1. The molecule has 0 aliphatic rings. The summed E-state index contributed by atoms with van der Waals surface area (Å²) in [5, 5.41) is 11.8. The summed E-state index contributed by atoms with van der Waals surface area (Å²) in [5.41, 5.74) is 0.494. The van der Waals surface area contributed by atoms with E-state index in [1.54, 1.807) is 18.2 Å². The number of para-hydroxylation sites is 1. The van der Waals surface area contributed by atoms with Gasteiger partial charge in [-0.3, -0.25) is 4.79 Å². The maximum Gasteiger partial charge on any atom is 0.337 e. The number of allylic oxidation sites excluding steroid dienone is 4. The number of amides is 1. The Morgan fingerprint density at radius 2 is 1.48 bits per heavy atom. The van der Waals surface area contributed by atoms with Crippen molar-refractivity contribution in [1.29, 1.82) is 0 Å². The molecule has 0 fully saturated rings. The predicted molar refractivity (Wildman–Crippen MR) is 121 cm³/mol. The highest BCUT2D eigenvalue weighted by Gasteiger charge is 2.11. The number of carboxylic acids is 1. The molecule has 0 radical (unpaired) electrons. The molecule has 1 amide bonds. The monoisotopic (exact) mass is 399 g/mol. The topological polar surface area (TPSA) is 66.4 Å². The van der Waals surface area contributed by atoms with Crippen LogP contribution in [-0.4, -0.2) is 17.0 Å². The molecule has 0 saturated carbocycles. The lowest BCUT2D eigenvalue weighted by molar-refractivity contribution is -0.116. The summed E-state index contributed by atoms with van der Waals surface area (Å²) in [6, 6.07) is 6.49. The van der Waals surface area contributed by atoms with Gasteiger partial charge in [0.05, 0.1) is 11.3 Å². The smallest absolute Gasteiger partial charge is 0.337 e. The maximum absolute atomic E-state index is 12.0. The number of aromatic carboxylic acids is 1. The number of unbranched alkanes of at least 4 members (excludes halogenated alkanes) is 8. The van der Waals surface area contributed by atoms with Crippen LogP contribution in [0.15, 0.2) is 48.6 Å². The van der Waals surface area contributed by atoms with Gasteiger partial charge in [-0.1, -0.05) is 75.5 Å². The second-order valence-electron chi connectivity index (χ2n) is 7.38. The first-order valence-electron chi connectivity index (χ1n) is 11.1. The number of carbonyl (C=O) groups excluding carboxylic acids is 1. The van der Waals surface area contributed by atoms with Gasteiger partial charge in [-0.25, -0.2) is 4.79 Å². The van der Waals surface area contributed by atoms with Gasteiger partial charge in [0, 0.05) is 6.42 Å². The maximum atomic E-state index is 12.0. The van der Waals surface area contributed by atoms with Gasteiger partial charge >= 0.3 is 5.97 Å². The fourth-order valence-corrected chi connectivity index (χ4v) is 3.09. The third kappa shape index (κ3) is 12.7. The van der Waals surface area contributed by atoms with E-state index in [0.29, 0.717) is 12.1 Å². The van der Waals surface area contributed by atoms with Crippen LogP contribution in [0.25, 0.3) is 0 Å². The highest BCUT2D eigenvalue weighted by atomic mass is 16.4. The van der Waals surface area contributed by atoms with Gasteiger partial charge in [0.15, 0.2) is 0 Å². The van der Waals surface area contributed by atoms with E-state index in [-0.39, 0.29) is 11.5 Å². The average Bonchev–Trinajstić information content (AvgIpc) is 2.71. The van der Waals surface area contributed by atoms with Gasteiger partial charge < -0.3 is 10.4 Å². The Kier molecular flexibility index (Phi) is 14.1. The van der Waals surface area contributed by atoms with E-state index in [1.807, 2.05) is 0 Å². The van der Waals surface area contributed by atoms with Crippen molar-refractivity contribution < 1.29 is 14.7 Å².